The Morgan fingerprint density at radius 2 is 2.23 bits per heavy atom. The van der Waals surface area contributed by atoms with Crippen molar-refractivity contribution < 1.29 is 4.79 Å². The molecular formula is C15H19N5OS. The van der Waals surface area contributed by atoms with E-state index in [2.05, 4.69) is 29.4 Å². The summed E-state index contributed by atoms with van der Waals surface area (Å²) in [4.78, 5) is 14.2. The second kappa shape index (κ2) is 5.57. The largest absolute Gasteiger partial charge is 0.306 e. The second-order valence-electron chi connectivity index (χ2n) is 5.79. The molecule has 3 aromatic rings. The van der Waals surface area contributed by atoms with Crippen LogP contribution >= 0.6 is 11.3 Å². The zero-order valence-electron chi connectivity index (χ0n) is 13.1. The van der Waals surface area contributed by atoms with Crippen molar-refractivity contribution in [3.8, 4) is 0 Å². The van der Waals surface area contributed by atoms with Crippen LogP contribution in [0.1, 0.15) is 29.2 Å². The van der Waals surface area contributed by atoms with E-state index in [0.717, 1.165) is 28.3 Å². The van der Waals surface area contributed by atoms with Crippen molar-refractivity contribution >= 4 is 33.3 Å². The Morgan fingerprint density at radius 1 is 1.45 bits per heavy atom. The van der Waals surface area contributed by atoms with E-state index >= 15 is 0 Å². The van der Waals surface area contributed by atoms with E-state index in [1.165, 1.54) is 11.3 Å². The molecule has 0 saturated carbocycles. The standard InChI is InChI=1S/C15H19N5OS/c1-9(2)8-20-13(5-6-16-20)17-14(21)12-7-11-10(3)18-19(4)15(11)22-12/h5-7,9H,8H2,1-4H3,(H,17,21). The first-order chi connectivity index (χ1) is 10.5. The second-order valence-corrected chi connectivity index (χ2v) is 6.82. The van der Waals surface area contributed by atoms with Crippen molar-refractivity contribution in [1.82, 2.24) is 19.6 Å². The fraction of sp³-hybridized carbons (Fsp3) is 0.400. The first-order valence-electron chi connectivity index (χ1n) is 7.22. The van der Waals surface area contributed by atoms with Crippen LogP contribution in [-0.4, -0.2) is 25.5 Å². The van der Waals surface area contributed by atoms with Crippen LogP contribution in [0.4, 0.5) is 5.82 Å². The van der Waals surface area contributed by atoms with Crippen LogP contribution in [0.5, 0.6) is 0 Å². The summed E-state index contributed by atoms with van der Waals surface area (Å²) in [6.07, 6.45) is 1.71. The number of amides is 1. The lowest BCUT2D eigenvalue weighted by molar-refractivity contribution is 0.102. The van der Waals surface area contributed by atoms with Gasteiger partial charge in [-0.1, -0.05) is 13.8 Å². The van der Waals surface area contributed by atoms with Gasteiger partial charge in [-0.15, -0.1) is 11.3 Å². The van der Waals surface area contributed by atoms with Crippen LogP contribution in [0.2, 0.25) is 0 Å². The first kappa shape index (κ1) is 14.8. The number of fused-ring (bicyclic) bond motifs is 1. The van der Waals surface area contributed by atoms with E-state index in [4.69, 9.17) is 0 Å². The molecule has 0 radical (unpaired) electrons. The average molecular weight is 317 g/mol. The Balaban J connectivity index is 1.84. The smallest absolute Gasteiger partial charge is 0.266 e. The van der Waals surface area contributed by atoms with Gasteiger partial charge in [-0.2, -0.15) is 10.2 Å². The molecule has 0 aliphatic rings. The highest BCUT2D eigenvalue weighted by Gasteiger charge is 2.16. The molecule has 0 bridgehead atoms. The van der Waals surface area contributed by atoms with Crippen LogP contribution in [0.15, 0.2) is 18.3 Å². The number of aryl methyl sites for hydroxylation is 2. The summed E-state index contributed by atoms with van der Waals surface area (Å²) >= 11 is 1.45. The molecule has 0 atom stereocenters. The molecule has 22 heavy (non-hydrogen) atoms. The van der Waals surface area contributed by atoms with Gasteiger partial charge in [0.25, 0.3) is 5.91 Å². The van der Waals surface area contributed by atoms with Crippen LogP contribution in [0.3, 0.4) is 0 Å². The van der Waals surface area contributed by atoms with Crippen molar-refractivity contribution in [3.63, 3.8) is 0 Å². The molecule has 7 heteroatoms. The third-order valence-corrected chi connectivity index (χ3v) is 4.62. The minimum Gasteiger partial charge on any atom is -0.306 e. The number of carbonyl (C=O) groups is 1. The average Bonchev–Trinajstić information content (AvgIpc) is 3.10. The number of rotatable bonds is 4. The molecule has 0 fully saturated rings. The number of nitrogens with zero attached hydrogens (tertiary/aromatic N) is 4. The normalized spacial score (nSPS) is 11.5. The summed E-state index contributed by atoms with van der Waals surface area (Å²) in [6, 6.07) is 3.72. The number of hydrogen-bond donors (Lipinski definition) is 1. The summed E-state index contributed by atoms with van der Waals surface area (Å²) < 4.78 is 3.64. The monoisotopic (exact) mass is 317 g/mol. The van der Waals surface area contributed by atoms with Crippen molar-refractivity contribution in [2.24, 2.45) is 13.0 Å². The number of hydrogen-bond acceptors (Lipinski definition) is 4. The van der Waals surface area contributed by atoms with Gasteiger partial charge in [-0.3, -0.25) is 9.48 Å². The lowest BCUT2D eigenvalue weighted by Crippen LogP contribution is -2.16. The summed E-state index contributed by atoms with van der Waals surface area (Å²) in [5.41, 5.74) is 0.942. The van der Waals surface area contributed by atoms with Crippen LogP contribution in [-0.2, 0) is 13.6 Å². The van der Waals surface area contributed by atoms with Crippen LogP contribution < -0.4 is 5.32 Å². The predicted octanol–water partition coefficient (Wildman–Crippen LogP) is 3.05. The summed E-state index contributed by atoms with van der Waals surface area (Å²) in [6.45, 7) is 6.97. The number of anilines is 1. The highest BCUT2D eigenvalue weighted by Crippen LogP contribution is 2.28. The molecule has 1 N–H and O–H groups in total. The van der Waals surface area contributed by atoms with Gasteiger partial charge in [0.05, 0.1) is 16.8 Å². The van der Waals surface area contributed by atoms with Crippen molar-refractivity contribution in [2.45, 2.75) is 27.3 Å². The minimum atomic E-state index is -0.105. The maximum Gasteiger partial charge on any atom is 0.266 e. The van der Waals surface area contributed by atoms with E-state index in [9.17, 15) is 4.79 Å². The number of carbonyl (C=O) groups excluding carboxylic acids is 1. The molecule has 0 aliphatic heterocycles. The molecule has 0 saturated heterocycles. The molecule has 3 heterocycles. The molecule has 0 spiro atoms. The Labute approximate surface area is 132 Å². The lowest BCUT2D eigenvalue weighted by Gasteiger charge is -2.10. The topological polar surface area (TPSA) is 64.7 Å². The van der Waals surface area contributed by atoms with Gasteiger partial charge in [-0.05, 0) is 18.9 Å². The molecule has 6 nitrogen and oxygen atoms in total. The van der Waals surface area contributed by atoms with Crippen LogP contribution in [0, 0.1) is 12.8 Å². The molecule has 3 aromatic heterocycles. The fourth-order valence-corrected chi connectivity index (χ4v) is 3.44. The third-order valence-electron chi connectivity index (χ3n) is 3.42. The van der Waals surface area contributed by atoms with Crippen molar-refractivity contribution in [2.75, 3.05) is 5.32 Å². The quantitative estimate of drug-likeness (QED) is 0.804. The Bertz CT molecular complexity index is 792. The predicted molar refractivity (Wildman–Crippen MR) is 88.3 cm³/mol. The first-order valence-corrected chi connectivity index (χ1v) is 8.03. The molecule has 116 valence electrons. The molecule has 1 amide bonds. The van der Waals surface area contributed by atoms with E-state index in [0.29, 0.717) is 10.8 Å². The van der Waals surface area contributed by atoms with Crippen molar-refractivity contribution in [1.29, 1.82) is 0 Å². The van der Waals surface area contributed by atoms with Crippen molar-refractivity contribution in [3.05, 3.63) is 28.9 Å². The highest BCUT2D eigenvalue weighted by molar-refractivity contribution is 7.20. The van der Waals surface area contributed by atoms with E-state index < -0.39 is 0 Å². The third kappa shape index (κ3) is 2.64. The van der Waals surface area contributed by atoms with E-state index in [1.807, 2.05) is 35.5 Å². The lowest BCUT2D eigenvalue weighted by atomic mass is 10.2. The van der Waals surface area contributed by atoms with Gasteiger partial charge < -0.3 is 5.32 Å². The molecular weight excluding hydrogens is 298 g/mol. The fourth-order valence-electron chi connectivity index (χ4n) is 2.43. The zero-order chi connectivity index (χ0) is 15.9. The summed E-state index contributed by atoms with van der Waals surface area (Å²) in [5, 5.41) is 12.6. The van der Waals surface area contributed by atoms with Gasteiger partial charge in [0, 0.05) is 25.0 Å². The Kier molecular flexibility index (Phi) is 3.74. The van der Waals surface area contributed by atoms with Gasteiger partial charge in [0.1, 0.15) is 10.6 Å². The Hall–Kier alpha value is -2.15. The van der Waals surface area contributed by atoms with Gasteiger partial charge in [0.2, 0.25) is 0 Å². The van der Waals surface area contributed by atoms with Gasteiger partial charge in [0.15, 0.2) is 0 Å². The minimum absolute atomic E-state index is 0.105. The molecule has 0 aromatic carbocycles. The maximum absolute atomic E-state index is 12.5. The highest BCUT2D eigenvalue weighted by atomic mass is 32.1. The molecule has 0 unspecified atom stereocenters. The zero-order valence-corrected chi connectivity index (χ0v) is 13.9. The van der Waals surface area contributed by atoms with E-state index in [-0.39, 0.29) is 5.91 Å². The van der Waals surface area contributed by atoms with Gasteiger partial charge in [-0.25, -0.2) is 4.68 Å². The number of nitrogens with one attached hydrogen (secondary N) is 1. The maximum atomic E-state index is 12.5. The number of aromatic nitrogens is 4. The van der Waals surface area contributed by atoms with Crippen LogP contribution in [0.25, 0.3) is 10.2 Å². The van der Waals surface area contributed by atoms with E-state index in [1.54, 1.807) is 6.20 Å². The van der Waals surface area contributed by atoms with Gasteiger partial charge >= 0.3 is 0 Å². The summed E-state index contributed by atoms with van der Waals surface area (Å²) in [7, 11) is 1.89. The molecule has 0 aliphatic carbocycles. The molecule has 3 rings (SSSR count). The number of thiophene rings is 1. The Morgan fingerprint density at radius 3 is 2.91 bits per heavy atom. The SMILES string of the molecule is Cc1nn(C)c2sc(C(=O)Nc3ccnn3CC(C)C)cc12. The summed E-state index contributed by atoms with van der Waals surface area (Å²) in [5.74, 6) is 1.09.